The number of halogens is 1. The van der Waals surface area contributed by atoms with Crippen molar-refractivity contribution >= 4 is 17.5 Å². The standard InChI is InChI=1S/C15H22ClNO3/c1-10(2)6-12(18)9-17-15(19)7-11-4-5-13(20-3)8-14(11)16/h4-5,8,10,12,18H,6-7,9H2,1-3H3,(H,17,19). The molecule has 2 N–H and O–H groups in total. The number of rotatable bonds is 7. The number of benzene rings is 1. The molecule has 0 aliphatic rings. The Morgan fingerprint density at radius 1 is 1.45 bits per heavy atom. The maximum absolute atomic E-state index is 11.8. The molecule has 0 radical (unpaired) electrons. The maximum Gasteiger partial charge on any atom is 0.224 e. The fourth-order valence-electron chi connectivity index (χ4n) is 1.89. The molecule has 4 nitrogen and oxygen atoms in total. The Hall–Kier alpha value is -1.26. The molecule has 0 saturated heterocycles. The Morgan fingerprint density at radius 2 is 2.15 bits per heavy atom. The van der Waals surface area contributed by atoms with Crippen LogP contribution >= 0.6 is 11.6 Å². The molecular weight excluding hydrogens is 278 g/mol. The third-order valence-electron chi connectivity index (χ3n) is 2.89. The fraction of sp³-hybridized carbons (Fsp3) is 0.533. The van der Waals surface area contributed by atoms with Gasteiger partial charge in [-0.25, -0.2) is 0 Å². The average Bonchev–Trinajstić information content (AvgIpc) is 2.38. The van der Waals surface area contributed by atoms with Crippen LogP contribution in [0.5, 0.6) is 5.75 Å². The van der Waals surface area contributed by atoms with Crippen LogP contribution in [0, 0.1) is 5.92 Å². The van der Waals surface area contributed by atoms with Crippen LogP contribution in [0.4, 0.5) is 0 Å². The van der Waals surface area contributed by atoms with Crippen molar-refractivity contribution in [3.8, 4) is 5.75 Å². The van der Waals surface area contributed by atoms with Crippen LogP contribution in [0.3, 0.4) is 0 Å². The van der Waals surface area contributed by atoms with Crippen LogP contribution in [0.2, 0.25) is 5.02 Å². The number of methoxy groups -OCH3 is 1. The number of ether oxygens (including phenoxy) is 1. The summed E-state index contributed by atoms with van der Waals surface area (Å²) in [6.07, 6.45) is 0.353. The number of carbonyl (C=O) groups is 1. The van der Waals surface area contributed by atoms with E-state index in [0.29, 0.717) is 23.1 Å². The minimum absolute atomic E-state index is 0.153. The third-order valence-corrected chi connectivity index (χ3v) is 3.24. The summed E-state index contributed by atoms with van der Waals surface area (Å²) in [5.41, 5.74) is 0.739. The number of carbonyl (C=O) groups excluding carboxylic acids is 1. The number of amides is 1. The van der Waals surface area contributed by atoms with Crippen LogP contribution in [0.15, 0.2) is 18.2 Å². The number of hydrogen-bond acceptors (Lipinski definition) is 3. The second kappa shape index (κ2) is 8.12. The minimum Gasteiger partial charge on any atom is -0.497 e. The summed E-state index contributed by atoms with van der Waals surface area (Å²) in [7, 11) is 1.56. The quantitative estimate of drug-likeness (QED) is 0.813. The highest BCUT2D eigenvalue weighted by Gasteiger charge is 2.11. The summed E-state index contributed by atoms with van der Waals surface area (Å²) in [6, 6.07) is 5.21. The van der Waals surface area contributed by atoms with Crippen molar-refractivity contribution in [1.29, 1.82) is 0 Å². The molecule has 0 fully saturated rings. The van der Waals surface area contributed by atoms with Gasteiger partial charge in [-0.15, -0.1) is 0 Å². The van der Waals surface area contributed by atoms with Gasteiger partial charge in [-0.3, -0.25) is 4.79 Å². The Balaban J connectivity index is 2.46. The van der Waals surface area contributed by atoms with E-state index in [4.69, 9.17) is 16.3 Å². The lowest BCUT2D eigenvalue weighted by molar-refractivity contribution is -0.120. The van der Waals surface area contributed by atoms with Gasteiger partial charge in [-0.05, 0) is 30.0 Å². The van der Waals surface area contributed by atoms with Crippen molar-refractivity contribution in [2.24, 2.45) is 5.92 Å². The first-order valence-electron chi connectivity index (χ1n) is 6.69. The molecular formula is C15H22ClNO3. The van der Waals surface area contributed by atoms with Crippen molar-refractivity contribution in [1.82, 2.24) is 5.32 Å². The molecule has 0 aromatic heterocycles. The summed E-state index contributed by atoms with van der Waals surface area (Å²) in [4.78, 5) is 11.8. The molecule has 0 aliphatic carbocycles. The topological polar surface area (TPSA) is 58.6 Å². The van der Waals surface area contributed by atoms with Gasteiger partial charge in [0.2, 0.25) is 5.91 Å². The molecule has 1 unspecified atom stereocenters. The van der Waals surface area contributed by atoms with Crippen LogP contribution in [-0.4, -0.2) is 30.8 Å². The van der Waals surface area contributed by atoms with Gasteiger partial charge in [-0.2, -0.15) is 0 Å². The first-order chi connectivity index (χ1) is 9.42. The van der Waals surface area contributed by atoms with E-state index in [1.807, 2.05) is 13.8 Å². The average molecular weight is 300 g/mol. The van der Waals surface area contributed by atoms with Crippen molar-refractivity contribution in [3.63, 3.8) is 0 Å². The lowest BCUT2D eigenvalue weighted by Gasteiger charge is -2.14. The Labute approximate surface area is 125 Å². The van der Waals surface area contributed by atoms with Crippen molar-refractivity contribution in [2.45, 2.75) is 32.8 Å². The van der Waals surface area contributed by atoms with Crippen LogP contribution in [-0.2, 0) is 11.2 Å². The molecule has 0 bridgehead atoms. The van der Waals surface area contributed by atoms with Crippen molar-refractivity contribution in [3.05, 3.63) is 28.8 Å². The zero-order chi connectivity index (χ0) is 15.1. The molecule has 1 amide bonds. The van der Waals surface area contributed by atoms with Gasteiger partial charge in [0.1, 0.15) is 5.75 Å². The summed E-state index contributed by atoms with van der Waals surface area (Å²) in [5, 5.41) is 12.9. The van der Waals surface area contributed by atoms with Crippen molar-refractivity contribution in [2.75, 3.05) is 13.7 Å². The highest BCUT2D eigenvalue weighted by Crippen LogP contribution is 2.22. The molecule has 0 aliphatic heterocycles. The predicted molar refractivity (Wildman–Crippen MR) is 80.2 cm³/mol. The van der Waals surface area contributed by atoms with Crippen LogP contribution in [0.1, 0.15) is 25.8 Å². The molecule has 1 aromatic rings. The number of hydrogen-bond donors (Lipinski definition) is 2. The van der Waals surface area contributed by atoms with E-state index in [2.05, 4.69) is 5.32 Å². The molecule has 1 aromatic carbocycles. The molecule has 0 spiro atoms. The Morgan fingerprint density at radius 3 is 2.70 bits per heavy atom. The highest BCUT2D eigenvalue weighted by atomic mass is 35.5. The Bertz CT molecular complexity index is 449. The molecule has 0 saturated carbocycles. The maximum atomic E-state index is 11.8. The predicted octanol–water partition coefficient (Wildman–Crippen LogP) is 2.41. The van der Waals surface area contributed by atoms with E-state index in [9.17, 15) is 9.90 Å². The molecule has 112 valence electrons. The molecule has 1 rings (SSSR count). The van der Waals surface area contributed by atoms with E-state index in [1.54, 1.807) is 25.3 Å². The Kier molecular flexibility index (Phi) is 6.82. The van der Waals surface area contributed by atoms with Gasteiger partial charge >= 0.3 is 0 Å². The lowest BCUT2D eigenvalue weighted by atomic mass is 10.1. The van der Waals surface area contributed by atoms with Gasteiger partial charge in [0.05, 0.1) is 19.6 Å². The number of nitrogens with one attached hydrogen (secondary N) is 1. The zero-order valence-corrected chi connectivity index (χ0v) is 12.9. The summed E-state index contributed by atoms with van der Waals surface area (Å²) in [5.74, 6) is 0.907. The molecule has 0 heterocycles. The normalized spacial score (nSPS) is 12.3. The third kappa shape index (κ3) is 5.80. The van der Waals surface area contributed by atoms with Gasteiger partial charge in [0.25, 0.3) is 0 Å². The summed E-state index contributed by atoms with van der Waals surface area (Å²) in [6.45, 7) is 4.33. The molecule has 20 heavy (non-hydrogen) atoms. The van der Waals surface area contributed by atoms with Gasteiger partial charge < -0.3 is 15.2 Å². The SMILES string of the molecule is COc1ccc(CC(=O)NCC(O)CC(C)C)c(Cl)c1. The zero-order valence-electron chi connectivity index (χ0n) is 12.1. The van der Waals surface area contributed by atoms with Gasteiger partial charge in [0.15, 0.2) is 0 Å². The highest BCUT2D eigenvalue weighted by molar-refractivity contribution is 6.31. The first kappa shape index (κ1) is 16.8. The largest absolute Gasteiger partial charge is 0.497 e. The smallest absolute Gasteiger partial charge is 0.224 e. The number of aliphatic hydroxyl groups excluding tert-OH is 1. The summed E-state index contributed by atoms with van der Waals surface area (Å²) < 4.78 is 5.05. The monoisotopic (exact) mass is 299 g/mol. The van der Waals surface area contributed by atoms with Crippen molar-refractivity contribution < 1.29 is 14.6 Å². The van der Waals surface area contributed by atoms with Gasteiger partial charge in [0, 0.05) is 11.6 Å². The van der Waals surface area contributed by atoms with Crippen LogP contribution < -0.4 is 10.1 Å². The van der Waals surface area contributed by atoms with E-state index < -0.39 is 6.10 Å². The molecule has 1 atom stereocenters. The van der Waals surface area contributed by atoms with E-state index in [0.717, 1.165) is 5.56 Å². The van der Waals surface area contributed by atoms with E-state index in [-0.39, 0.29) is 18.9 Å². The summed E-state index contributed by atoms with van der Waals surface area (Å²) >= 11 is 6.07. The number of aliphatic hydroxyl groups is 1. The second-order valence-corrected chi connectivity index (χ2v) is 5.63. The molecule has 5 heteroatoms. The fourth-order valence-corrected chi connectivity index (χ4v) is 2.13. The lowest BCUT2D eigenvalue weighted by Crippen LogP contribution is -2.33. The second-order valence-electron chi connectivity index (χ2n) is 5.22. The van der Waals surface area contributed by atoms with Crippen LogP contribution in [0.25, 0.3) is 0 Å². The van der Waals surface area contributed by atoms with E-state index >= 15 is 0 Å². The first-order valence-corrected chi connectivity index (χ1v) is 7.07. The minimum atomic E-state index is -0.509. The van der Waals surface area contributed by atoms with Gasteiger partial charge in [-0.1, -0.05) is 31.5 Å². The van der Waals surface area contributed by atoms with E-state index in [1.165, 1.54) is 0 Å².